The Morgan fingerprint density at radius 2 is 1.62 bits per heavy atom. The Morgan fingerprint density at radius 1 is 0.887 bits per heavy atom. The summed E-state index contributed by atoms with van der Waals surface area (Å²) in [6.45, 7) is 7.94. The molecule has 280 valence electrons. The Bertz CT molecular complexity index is 2010. The smallest absolute Gasteiger partial charge is 0.407 e. The van der Waals surface area contributed by atoms with Gasteiger partial charge in [0.2, 0.25) is 11.8 Å². The van der Waals surface area contributed by atoms with Crippen molar-refractivity contribution in [2.75, 3.05) is 11.9 Å². The summed E-state index contributed by atoms with van der Waals surface area (Å²) in [4.78, 5) is 64.2. The number of carbonyl (C=O) groups is 4. The van der Waals surface area contributed by atoms with Gasteiger partial charge >= 0.3 is 6.09 Å². The summed E-state index contributed by atoms with van der Waals surface area (Å²) in [6.07, 6.45) is 5.87. The van der Waals surface area contributed by atoms with E-state index in [1.807, 2.05) is 70.2 Å². The van der Waals surface area contributed by atoms with Crippen molar-refractivity contribution in [2.45, 2.75) is 96.7 Å². The molecule has 2 aliphatic carbocycles. The SMILES string of the molecule is Cc1cc(C(=O)NC2CCC2)ccc1-c1ccc(C[C@H](NC(=O)[C@H]2CC[C@H](CNC(=O)OC(C)(C)C)CC2)C(=O)Nc2ccc3c(=O)[nH][nH]c3c2)cc1. The third-order valence-corrected chi connectivity index (χ3v) is 10.3. The van der Waals surface area contributed by atoms with Crippen molar-refractivity contribution < 1.29 is 23.9 Å². The van der Waals surface area contributed by atoms with Gasteiger partial charge in [-0.1, -0.05) is 30.3 Å². The van der Waals surface area contributed by atoms with Crippen LogP contribution in [0.1, 0.15) is 87.2 Å². The average Bonchev–Trinajstić information content (AvgIpc) is 3.47. The van der Waals surface area contributed by atoms with Crippen LogP contribution in [-0.2, 0) is 20.7 Å². The second kappa shape index (κ2) is 16.1. The first-order valence-electron chi connectivity index (χ1n) is 18.6. The van der Waals surface area contributed by atoms with Crippen molar-refractivity contribution in [3.8, 4) is 11.1 Å². The van der Waals surface area contributed by atoms with Crippen LogP contribution in [0, 0.1) is 18.8 Å². The highest BCUT2D eigenvalue weighted by Crippen LogP contribution is 2.30. The maximum Gasteiger partial charge on any atom is 0.407 e. The summed E-state index contributed by atoms with van der Waals surface area (Å²) in [7, 11) is 0. The molecule has 3 aromatic carbocycles. The van der Waals surface area contributed by atoms with Crippen molar-refractivity contribution in [2.24, 2.45) is 11.8 Å². The van der Waals surface area contributed by atoms with Crippen molar-refractivity contribution >= 4 is 40.4 Å². The number of aromatic nitrogens is 2. The van der Waals surface area contributed by atoms with Crippen LogP contribution < -0.4 is 26.8 Å². The monoisotopic (exact) mass is 722 g/mol. The highest BCUT2D eigenvalue weighted by molar-refractivity contribution is 5.99. The summed E-state index contributed by atoms with van der Waals surface area (Å²) in [6, 6.07) is 18.0. The molecular formula is C41H50N6O6. The first-order chi connectivity index (χ1) is 25.3. The molecule has 12 nitrogen and oxygen atoms in total. The number of nitrogens with one attached hydrogen (secondary N) is 6. The van der Waals surface area contributed by atoms with Crippen molar-refractivity contribution in [3.05, 3.63) is 87.7 Å². The van der Waals surface area contributed by atoms with Gasteiger partial charge in [-0.2, -0.15) is 0 Å². The van der Waals surface area contributed by atoms with Crippen LogP contribution in [0.4, 0.5) is 10.5 Å². The van der Waals surface area contributed by atoms with Gasteiger partial charge in [0.1, 0.15) is 11.6 Å². The number of H-pyrrole nitrogens is 2. The topological polar surface area (TPSA) is 174 Å². The minimum Gasteiger partial charge on any atom is -0.444 e. The fourth-order valence-corrected chi connectivity index (χ4v) is 7.02. The Morgan fingerprint density at radius 3 is 2.28 bits per heavy atom. The molecule has 2 fully saturated rings. The number of anilines is 1. The van der Waals surface area contributed by atoms with Gasteiger partial charge in [0.25, 0.3) is 11.5 Å². The molecule has 0 aliphatic heterocycles. The molecule has 0 saturated heterocycles. The van der Waals surface area contributed by atoms with E-state index in [9.17, 15) is 24.0 Å². The Balaban J connectivity index is 1.11. The molecule has 12 heteroatoms. The maximum absolute atomic E-state index is 13.8. The van der Waals surface area contributed by atoms with E-state index in [1.54, 1.807) is 18.2 Å². The lowest BCUT2D eigenvalue weighted by molar-refractivity contribution is -0.130. The van der Waals surface area contributed by atoms with E-state index in [-0.39, 0.29) is 47.6 Å². The third kappa shape index (κ3) is 9.74. The zero-order chi connectivity index (χ0) is 37.7. The minimum atomic E-state index is -0.865. The second-order valence-electron chi connectivity index (χ2n) is 15.5. The summed E-state index contributed by atoms with van der Waals surface area (Å²) in [5.74, 6) is -0.614. The van der Waals surface area contributed by atoms with Crippen LogP contribution in [0.3, 0.4) is 0 Å². The molecule has 4 amide bonds. The van der Waals surface area contributed by atoms with E-state index < -0.39 is 17.7 Å². The number of rotatable bonds is 11. The van der Waals surface area contributed by atoms with Crippen molar-refractivity contribution in [3.63, 3.8) is 0 Å². The van der Waals surface area contributed by atoms with Gasteiger partial charge in [0, 0.05) is 36.2 Å². The Kier molecular flexibility index (Phi) is 11.4. The molecule has 1 atom stereocenters. The predicted molar refractivity (Wildman–Crippen MR) is 205 cm³/mol. The summed E-state index contributed by atoms with van der Waals surface area (Å²) in [5.41, 5.74) is 4.72. The fourth-order valence-electron chi connectivity index (χ4n) is 7.02. The number of fused-ring (bicyclic) bond motifs is 1. The predicted octanol–water partition coefficient (Wildman–Crippen LogP) is 6.11. The molecule has 1 heterocycles. The second-order valence-corrected chi connectivity index (χ2v) is 15.5. The number of ether oxygens (including phenoxy) is 1. The number of aromatic amines is 2. The number of amides is 4. The molecule has 6 N–H and O–H groups in total. The lowest BCUT2D eigenvalue weighted by Crippen LogP contribution is -2.48. The quantitative estimate of drug-likeness (QED) is 0.109. The van der Waals surface area contributed by atoms with Gasteiger partial charge in [0.05, 0.1) is 10.9 Å². The average molecular weight is 723 g/mol. The van der Waals surface area contributed by atoms with Crippen molar-refractivity contribution in [1.82, 2.24) is 26.1 Å². The standard InChI is InChI=1S/C41H50N6O6/c1-24-20-29(37(49)43-30-6-5-7-30)16-18-32(24)27-12-8-25(9-13-27)21-35(39(51)44-31-17-19-33-34(22-31)46-47-38(33)50)45-36(48)28-14-10-26(11-15-28)23-42-40(52)53-41(2,3)4/h8-9,12-13,16-20,22,26,28,30,35H,5-7,10-11,14-15,21,23H2,1-4H3,(H,42,52)(H,43,49)(H,44,51)(H,45,48)(H2,46,47,50)/t26-,28-,35-/m0/s1. The minimum absolute atomic E-state index is 0.0457. The van der Waals surface area contributed by atoms with Crippen LogP contribution in [0.2, 0.25) is 0 Å². The Hall–Kier alpha value is -5.39. The number of hydrogen-bond acceptors (Lipinski definition) is 6. The molecule has 0 spiro atoms. The van der Waals surface area contributed by atoms with E-state index in [0.717, 1.165) is 54.4 Å². The molecule has 1 aromatic heterocycles. The fraction of sp³-hybridized carbons (Fsp3) is 0.439. The van der Waals surface area contributed by atoms with Crippen LogP contribution >= 0.6 is 0 Å². The summed E-state index contributed by atoms with van der Waals surface area (Å²) >= 11 is 0. The zero-order valence-corrected chi connectivity index (χ0v) is 30.9. The molecule has 2 saturated carbocycles. The van der Waals surface area contributed by atoms with Crippen LogP contribution in [0.25, 0.3) is 22.0 Å². The number of hydrogen-bond donors (Lipinski definition) is 6. The molecule has 2 aliphatic rings. The van der Waals surface area contributed by atoms with Gasteiger partial charge in [-0.15, -0.1) is 0 Å². The van der Waals surface area contributed by atoms with Gasteiger partial charge < -0.3 is 26.0 Å². The first-order valence-corrected chi connectivity index (χ1v) is 18.6. The van der Waals surface area contributed by atoms with Gasteiger partial charge in [-0.05, 0) is 131 Å². The lowest BCUT2D eigenvalue weighted by Gasteiger charge is -2.29. The van der Waals surface area contributed by atoms with E-state index in [2.05, 4.69) is 31.5 Å². The van der Waals surface area contributed by atoms with Crippen LogP contribution in [-0.4, -0.2) is 58.2 Å². The number of alkyl carbamates (subject to hydrolysis) is 1. The van der Waals surface area contributed by atoms with E-state index >= 15 is 0 Å². The normalized spacial score (nSPS) is 18.0. The summed E-state index contributed by atoms with van der Waals surface area (Å²) in [5, 5.41) is 17.7. The van der Waals surface area contributed by atoms with Gasteiger partial charge in [0.15, 0.2) is 0 Å². The maximum atomic E-state index is 13.8. The van der Waals surface area contributed by atoms with Gasteiger partial charge in [-0.3, -0.25) is 29.4 Å². The highest BCUT2D eigenvalue weighted by Gasteiger charge is 2.30. The highest BCUT2D eigenvalue weighted by atomic mass is 16.6. The molecule has 6 rings (SSSR count). The van der Waals surface area contributed by atoms with Crippen LogP contribution in [0.15, 0.2) is 65.5 Å². The molecule has 0 radical (unpaired) electrons. The molecule has 53 heavy (non-hydrogen) atoms. The Labute approximate surface area is 309 Å². The zero-order valence-electron chi connectivity index (χ0n) is 30.9. The van der Waals surface area contributed by atoms with Crippen LogP contribution in [0.5, 0.6) is 0 Å². The molecule has 4 aromatic rings. The van der Waals surface area contributed by atoms with Crippen molar-refractivity contribution in [1.29, 1.82) is 0 Å². The number of aryl methyl sites for hydroxylation is 1. The first kappa shape index (κ1) is 37.4. The third-order valence-electron chi connectivity index (χ3n) is 10.3. The van der Waals surface area contributed by atoms with E-state index in [0.29, 0.717) is 41.5 Å². The largest absolute Gasteiger partial charge is 0.444 e. The molecule has 0 bridgehead atoms. The molecular weight excluding hydrogens is 672 g/mol. The van der Waals surface area contributed by atoms with E-state index in [1.165, 1.54) is 0 Å². The lowest BCUT2D eigenvalue weighted by atomic mass is 9.81. The number of benzene rings is 3. The summed E-state index contributed by atoms with van der Waals surface area (Å²) < 4.78 is 5.35. The number of carbonyl (C=O) groups excluding carboxylic acids is 4. The molecule has 0 unspecified atom stereocenters. The van der Waals surface area contributed by atoms with Gasteiger partial charge in [-0.25, -0.2) is 4.79 Å². The van der Waals surface area contributed by atoms with E-state index in [4.69, 9.17) is 4.74 Å².